The molecule has 0 saturated heterocycles. The second-order valence-corrected chi connectivity index (χ2v) is 9.29. The topological polar surface area (TPSA) is 105 Å². The molecule has 3 aromatic carbocycles. The first-order valence-corrected chi connectivity index (χ1v) is 11.5. The Morgan fingerprint density at radius 1 is 0.886 bits per heavy atom. The van der Waals surface area contributed by atoms with Gasteiger partial charge in [-0.05, 0) is 53.8 Å². The largest absolute Gasteiger partial charge is 0.481 e. The summed E-state index contributed by atoms with van der Waals surface area (Å²) >= 11 is 0. The molecule has 0 atom stereocenters. The minimum Gasteiger partial charge on any atom is -0.481 e. The summed E-state index contributed by atoms with van der Waals surface area (Å²) in [6.07, 6.45) is -0.436. The molecule has 35 heavy (non-hydrogen) atoms. The fraction of sp³-hybridized carbons (Fsp3) is 0.250. The van der Waals surface area contributed by atoms with E-state index in [1.54, 1.807) is 38.1 Å². The van der Waals surface area contributed by atoms with Crippen molar-refractivity contribution in [2.24, 2.45) is 5.41 Å². The van der Waals surface area contributed by atoms with E-state index >= 15 is 0 Å². The Balaban J connectivity index is 1.29. The van der Waals surface area contributed by atoms with Crippen LogP contribution in [0.3, 0.4) is 0 Å². The third-order valence-electron chi connectivity index (χ3n) is 6.22. The quantitative estimate of drug-likeness (QED) is 0.436. The Morgan fingerprint density at radius 2 is 1.46 bits per heavy atom. The van der Waals surface area contributed by atoms with Crippen molar-refractivity contribution in [3.8, 4) is 11.1 Å². The van der Waals surface area contributed by atoms with E-state index in [1.807, 2.05) is 24.3 Å². The average Bonchev–Trinajstić information content (AvgIpc) is 3.16. The number of carbonyl (C=O) groups excluding carboxylic acids is 2. The maximum absolute atomic E-state index is 12.4. The molecule has 2 amide bonds. The van der Waals surface area contributed by atoms with Crippen LogP contribution in [0.1, 0.15) is 36.5 Å². The van der Waals surface area contributed by atoms with Gasteiger partial charge in [-0.25, -0.2) is 4.79 Å². The Hall–Kier alpha value is -4.13. The van der Waals surface area contributed by atoms with Crippen LogP contribution < -0.4 is 10.6 Å². The van der Waals surface area contributed by atoms with Gasteiger partial charge in [-0.2, -0.15) is 0 Å². The number of hydrogen-bond donors (Lipinski definition) is 3. The monoisotopic (exact) mass is 472 g/mol. The second-order valence-electron chi connectivity index (χ2n) is 9.29. The lowest BCUT2D eigenvalue weighted by Gasteiger charge is -2.19. The van der Waals surface area contributed by atoms with Gasteiger partial charge in [0.2, 0.25) is 5.91 Å². The molecule has 0 saturated carbocycles. The van der Waals surface area contributed by atoms with Crippen molar-refractivity contribution in [1.29, 1.82) is 0 Å². The summed E-state index contributed by atoms with van der Waals surface area (Å²) in [5, 5.41) is 14.5. The summed E-state index contributed by atoms with van der Waals surface area (Å²) in [4.78, 5) is 35.7. The van der Waals surface area contributed by atoms with Crippen LogP contribution in [0.5, 0.6) is 0 Å². The van der Waals surface area contributed by atoms with E-state index in [0.29, 0.717) is 5.69 Å². The minimum absolute atomic E-state index is 0.0138. The summed E-state index contributed by atoms with van der Waals surface area (Å²) in [5.41, 5.74) is 4.90. The zero-order valence-electron chi connectivity index (χ0n) is 19.7. The van der Waals surface area contributed by atoms with Gasteiger partial charge in [0.1, 0.15) is 6.61 Å². The molecule has 1 aliphatic rings. The molecular weight excluding hydrogens is 444 g/mol. The summed E-state index contributed by atoms with van der Waals surface area (Å²) in [6, 6.07) is 23.2. The van der Waals surface area contributed by atoms with E-state index in [1.165, 1.54) is 11.1 Å². The van der Waals surface area contributed by atoms with Gasteiger partial charge in [-0.3, -0.25) is 14.9 Å². The lowest BCUT2D eigenvalue weighted by atomic mass is 9.94. The highest BCUT2D eigenvalue weighted by Gasteiger charge is 2.29. The summed E-state index contributed by atoms with van der Waals surface area (Å²) < 4.78 is 5.56. The van der Waals surface area contributed by atoms with Crippen molar-refractivity contribution < 1.29 is 24.2 Å². The van der Waals surface area contributed by atoms with Crippen molar-refractivity contribution in [1.82, 2.24) is 5.32 Å². The molecule has 3 aromatic rings. The number of carboxylic acids is 1. The standard InChI is InChI=1S/C28H28N2O5/c1-28(2,26(32)33)17-29-25(31)15-18-11-13-19(14-12-18)30-27(34)35-16-24-22-9-5-3-7-20(22)21-8-4-6-10-23(21)24/h3-14,24H,15-17H2,1-2H3,(H,29,31)(H,30,34)(H,32,33). The van der Waals surface area contributed by atoms with Gasteiger partial charge in [-0.15, -0.1) is 0 Å². The van der Waals surface area contributed by atoms with Crippen molar-refractivity contribution in [2.75, 3.05) is 18.5 Å². The number of carboxylic acid groups (broad SMARTS) is 1. The highest BCUT2D eigenvalue weighted by Crippen LogP contribution is 2.44. The lowest BCUT2D eigenvalue weighted by molar-refractivity contribution is -0.146. The molecule has 0 unspecified atom stereocenters. The molecule has 7 heteroatoms. The second kappa shape index (κ2) is 10.0. The summed E-state index contributed by atoms with van der Waals surface area (Å²) in [7, 11) is 0. The van der Waals surface area contributed by atoms with Crippen LogP contribution in [0.2, 0.25) is 0 Å². The first-order valence-electron chi connectivity index (χ1n) is 11.5. The highest BCUT2D eigenvalue weighted by atomic mass is 16.5. The number of hydrogen-bond acceptors (Lipinski definition) is 4. The molecule has 0 radical (unpaired) electrons. The first kappa shape index (κ1) is 24.0. The third kappa shape index (κ3) is 5.51. The number of anilines is 1. The van der Waals surface area contributed by atoms with Crippen LogP contribution in [0.25, 0.3) is 11.1 Å². The maximum atomic E-state index is 12.4. The fourth-order valence-corrected chi connectivity index (χ4v) is 4.10. The molecule has 7 nitrogen and oxygen atoms in total. The summed E-state index contributed by atoms with van der Waals surface area (Å²) in [6.45, 7) is 3.38. The first-order chi connectivity index (χ1) is 16.7. The molecule has 0 fully saturated rings. The van der Waals surface area contributed by atoms with Crippen molar-refractivity contribution >= 4 is 23.7 Å². The lowest BCUT2D eigenvalue weighted by Crippen LogP contribution is -2.39. The van der Waals surface area contributed by atoms with Crippen LogP contribution in [0.15, 0.2) is 72.8 Å². The van der Waals surface area contributed by atoms with Crippen LogP contribution >= 0.6 is 0 Å². The van der Waals surface area contributed by atoms with Gasteiger partial charge in [0.25, 0.3) is 0 Å². The van der Waals surface area contributed by atoms with Crippen molar-refractivity contribution in [2.45, 2.75) is 26.2 Å². The van der Waals surface area contributed by atoms with E-state index in [-0.39, 0.29) is 31.4 Å². The Labute approximate surface area is 204 Å². The van der Waals surface area contributed by atoms with Gasteiger partial charge >= 0.3 is 12.1 Å². The van der Waals surface area contributed by atoms with Crippen LogP contribution in [0.4, 0.5) is 10.5 Å². The van der Waals surface area contributed by atoms with Crippen molar-refractivity contribution in [3.63, 3.8) is 0 Å². The summed E-state index contributed by atoms with van der Waals surface area (Å²) in [5.74, 6) is -1.25. The van der Waals surface area contributed by atoms with Gasteiger partial charge in [0.05, 0.1) is 11.8 Å². The minimum atomic E-state index is -1.04. The number of nitrogens with one attached hydrogen (secondary N) is 2. The molecule has 3 N–H and O–H groups in total. The van der Waals surface area contributed by atoms with E-state index in [0.717, 1.165) is 16.7 Å². The smallest absolute Gasteiger partial charge is 0.411 e. The predicted octanol–water partition coefficient (Wildman–Crippen LogP) is 4.82. The van der Waals surface area contributed by atoms with E-state index in [9.17, 15) is 14.4 Å². The van der Waals surface area contributed by atoms with Crippen LogP contribution in [0, 0.1) is 5.41 Å². The van der Waals surface area contributed by atoms with Gasteiger partial charge in [-0.1, -0.05) is 60.7 Å². The van der Waals surface area contributed by atoms with Crippen molar-refractivity contribution in [3.05, 3.63) is 89.5 Å². The van der Waals surface area contributed by atoms with E-state index < -0.39 is 17.5 Å². The number of fused-ring (bicyclic) bond motifs is 3. The third-order valence-corrected chi connectivity index (χ3v) is 6.22. The molecule has 4 rings (SSSR count). The molecule has 0 spiro atoms. The molecule has 0 heterocycles. The molecule has 0 bridgehead atoms. The van der Waals surface area contributed by atoms with E-state index in [4.69, 9.17) is 9.84 Å². The fourth-order valence-electron chi connectivity index (χ4n) is 4.10. The number of aliphatic carboxylic acids is 1. The normalized spacial score (nSPS) is 12.4. The zero-order valence-corrected chi connectivity index (χ0v) is 19.7. The maximum Gasteiger partial charge on any atom is 0.411 e. The Morgan fingerprint density at radius 3 is 2.03 bits per heavy atom. The van der Waals surface area contributed by atoms with Gasteiger partial charge in [0.15, 0.2) is 0 Å². The molecular formula is C28H28N2O5. The molecule has 1 aliphatic carbocycles. The zero-order chi connectivity index (χ0) is 25.0. The number of ether oxygens (including phenoxy) is 1. The molecule has 0 aromatic heterocycles. The SMILES string of the molecule is CC(C)(CNC(=O)Cc1ccc(NC(=O)OCC2c3ccccc3-c3ccccc32)cc1)C(=O)O. The average molecular weight is 473 g/mol. The van der Waals surface area contributed by atoms with Gasteiger partial charge < -0.3 is 15.2 Å². The van der Waals surface area contributed by atoms with Gasteiger partial charge in [0, 0.05) is 18.2 Å². The Kier molecular flexibility index (Phi) is 6.87. The molecule has 0 aliphatic heterocycles. The Bertz CT molecular complexity index is 1200. The van der Waals surface area contributed by atoms with Crippen LogP contribution in [-0.4, -0.2) is 36.2 Å². The number of carbonyl (C=O) groups is 3. The van der Waals surface area contributed by atoms with E-state index in [2.05, 4.69) is 34.9 Å². The predicted molar refractivity (Wildman–Crippen MR) is 133 cm³/mol. The van der Waals surface area contributed by atoms with Crippen LogP contribution in [-0.2, 0) is 20.7 Å². The highest BCUT2D eigenvalue weighted by molar-refractivity contribution is 5.85. The molecule has 180 valence electrons. The number of rotatable bonds is 8. The number of benzene rings is 3. The number of amides is 2.